The second-order valence-corrected chi connectivity index (χ2v) is 6.06. The van der Waals surface area contributed by atoms with E-state index in [1.54, 1.807) is 0 Å². The SMILES string of the molecule is Cc1ccc2c(c1)Cc1cc(-c3cc(C)c(C)o3)ccc1-2. The third-order valence-corrected chi connectivity index (χ3v) is 4.49. The van der Waals surface area contributed by atoms with E-state index in [9.17, 15) is 0 Å². The number of aryl methyl sites for hydroxylation is 3. The molecule has 0 atom stereocenters. The summed E-state index contributed by atoms with van der Waals surface area (Å²) in [5.74, 6) is 1.98. The van der Waals surface area contributed by atoms with E-state index in [0.717, 1.165) is 17.9 Å². The molecule has 1 aliphatic carbocycles. The van der Waals surface area contributed by atoms with E-state index in [4.69, 9.17) is 4.42 Å². The molecule has 0 unspecified atom stereocenters. The highest BCUT2D eigenvalue weighted by atomic mass is 16.3. The maximum Gasteiger partial charge on any atom is 0.134 e. The summed E-state index contributed by atoms with van der Waals surface area (Å²) in [6.45, 7) is 6.27. The first-order valence-electron chi connectivity index (χ1n) is 7.42. The average Bonchev–Trinajstić information content (AvgIpc) is 2.98. The predicted octanol–water partition coefficient (Wildman–Crippen LogP) is 5.44. The molecule has 0 saturated heterocycles. The van der Waals surface area contributed by atoms with E-state index in [1.165, 1.54) is 38.9 Å². The normalized spacial score (nSPS) is 12.3. The van der Waals surface area contributed by atoms with E-state index in [-0.39, 0.29) is 0 Å². The third kappa shape index (κ3) is 1.92. The van der Waals surface area contributed by atoms with E-state index >= 15 is 0 Å². The summed E-state index contributed by atoms with van der Waals surface area (Å²) in [5.41, 5.74) is 9.31. The fourth-order valence-electron chi connectivity index (χ4n) is 3.21. The standard InChI is InChI=1S/C20H18O/c1-12-4-6-18-16(8-12)11-17-10-15(5-7-19(17)18)20-9-13(2)14(3)21-20/h4-10H,11H2,1-3H3. The first kappa shape index (κ1) is 12.5. The van der Waals surface area contributed by atoms with Crippen LogP contribution in [0.2, 0.25) is 0 Å². The van der Waals surface area contributed by atoms with E-state index in [0.29, 0.717) is 0 Å². The molecule has 3 aromatic rings. The summed E-state index contributed by atoms with van der Waals surface area (Å²) < 4.78 is 5.86. The molecule has 0 saturated carbocycles. The van der Waals surface area contributed by atoms with E-state index in [2.05, 4.69) is 56.3 Å². The summed E-state index contributed by atoms with van der Waals surface area (Å²) in [4.78, 5) is 0. The van der Waals surface area contributed by atoms with Gasteiger partial charge in [0.1, 0.15) is 11.5 Å². The van der Waals surface area contributed by atoms with Crippen LogP contribution in [0.15, 0.2) is 46.9 Å². The molecule has 1 heterocycles. The number of rotatable bonds is 1. The number of fused-ring (bicyclic) bond motifs is 3. The van der Waals surface area contributed by atoms with Crippen molar-refractivity contribution in [2.75, 3.05) is 0 Å². The topological polar surface area (TPSA) is 13.1 Å². The Bertz CT molecular complexity index is 833. The lowest BCUT2D eigenvalue weighted by Crippen LogP contribution is -1.82. The minimum absolute atomic E-state index is 0.972. The molecule has 4 rings (SSSR count). The molecule has 1 nitrogen and oxygen atoms in total. The third-order valence-electron chi connectivity index (χ3n) is 4.49. The van der Waals surface area contributed by atoms with Gasteiger partial charge in [0.2, 0.25) is 0 Å². The lowest BCUT2D eigenvalue weighted by Gasteiger charge is -2.03. The lowest BCUT2D eigenvalue weighted by atomic mass is 10.0. The van der Waals surface area contributed by atoms with Gasteiger partial charge in [-0.05, 0) is 67.1 Å². The maximum atomic E-state index is 5.86. The van der Waals surface area contributed by atoms with Crippen LogP contribution in [-0.4, -0.2) is 0 Å². The highest BCUT2D eigenvalue weighted by Gasteiger charge is 2.19. The fourth-order valence-corrected chi connectivity index (χ4v) is 3.21. The van der Waals surface area contributed by atoms with Gasteiger partial charge in [0, 0.05) is 5.56 Å². The number of hydrogen-bond acceptors (Lipinski definition) is 1. The minimum Gasteiger partial charge on any atom is -0.461 e. The first-order chi connectivity index (χ1) is 10.1. The van der Waals surface area contributed by atoms with Crippen LogP contribution in [0, 0.1) is 20.8 Å². The van der Waals surface area contributed by atoms with Crippen molar-refractivity contribution in [3.05, 3.63) is 70.5 Å². The molecule has 1 heteroatoms. The average molecular weight is 274 g/mol. The van der Waals surface area contributed by atoms with Crippen molar-refractivity contribution in [2.45, 2.75) is 27.2 Å². The summed E-state index contributed by atoms with van der Waals surface area (Å²) in [5, 5.41) is 0. The van der Waals surface area contributed by atoms with Crippen LogP contribution >= 0.6 is 0 Å². The van der Waals surface area contributed by atoms with Crippen LogP contribution in [0.3, 0.4) is 0 Å². The molecular weight excluding hydrogens is 256 g/mol. The van der Waals surface area contributed by atoms with Gasteiger partial charge in [-0.15, -0.1) is 0 Å². The molecule has 104 valence electrons. The monoisotopic (exact) mass is 274 g/mol. The van der Waals surface area contributed by atoms with Crippen molar-refractivity contribution >= 4 is 0 Å². The maximum absolute atomic E-state index is 5.86. The molecule has 0 spiro atoms. The van der Waals surface area contributed by atoms with Gasteiger partial charge in [-0.2, -0.15) is 0 Å². The fraction of sp³-hybridized carbons (Fsp3) is 0.200. The van der Waals surface area contributed by atoms with Crippen LogP contribution in [0.25, 0.3) is 22.5 Å². The van der Waals surface area contributed by atoms with Crippen molar-refractivity contribution in [3.63, 3.8) is 0 Å². The Morgan fingerprint density at radius 1 is 0.810 bits per heavy atom. The van der Waals surface area contributed by atoms with Gasteiger partial charge in [-0.3, -0.25) is 0 Å². The molecule has 0 bridgehead atoms. The summed E-state index contributed by atoms with van der Waals surface area (Å²) in [7, 11) is 0. The molecule has 21 heavy (non-hydrogen) atoms. The van der Waals surface area contributed by atoms with Crippen molar-refractivity contribution in [1.82, 2.24) is 0 Å². The van der Waals surface area contributed by atoms with Gasteiger partial charge in [-0.25, -0.2) is 0 Å². The summed E-state index contributed by atoms with van der Waals surface area (Å²) in [6.07, 6.45) is 1.03. The van der Waals surface area contributed by atoms with Crippen molar-refractivity contribution < 1.29 is 4.42 Å². The van der Waals surface area contributed by atoms with Crippen LogP contribution in [0.5, 0.6) is 0 Å². The van der Waals surface area contributed by atoms with Gasteiger partial charge >= 0.3 is 0 Å². The van der Waals surface area contributed by atoms with Gasteiger partial charge in [0.15, 0.2) is 0 Å². The van der Waals surface area contributed by atoms with Gasteiger partial charge in [0.05, 0.1) is 0 Å². The first-order valence-corrected chi connectivity index (χ1v) is 7.42. The van der Waals surface area contributed by atoms with Crippen LogP contribution in [0.1, 0.15) is 28.0 Å². The van der Waals surface area contributed by atoms with E-state index < -0.39 is 0 Å². The quantitative estimate of drug-likeness (QED) is 0.450. The number of furan rings is 1. The minimum atomic E-state index is 0.972. The van der Waals surface area contributed by atoms with Gasteiger partial charge < -0.3 is 4.42 Å². The predicted molar refractivity (Wildman–Crippen MR) is 86.6 cm³/mol. The Hall–Kier alpha value is -2.28. The molecular formula is C20H18O. The zero-order valence-electron chi connectivity index (χ0n) is 12.7. The summed E-state index contributed by atoms with van der Waals surface area (Å²) >= 11 is 0. The van der Waals surface area contributed by atoms with Crippen LogP contribution < -0.4 is 0 Å². The molecule has 2 aromatic carbocycles. The smallest absolute Gasteiger partial charge is 0.134 e. The van der Waals surface area contributed by atoms with Crippen LogP contribution in [0.4, 0.5) is 0 Å². The Kier molecular flexibility index (Phi) is 2.58. The Morgan fingerprint density at radius 3 is 2.24 bits per heavy atom. The van der Waals surface area contributed by atoms with Gasteiger partial charge in [-0.1, -0.05) is 35.9 Å². The second-order valence-electron chi connectivity index (χ2n) is 6.06. The molecule has 0 N–H and O–H groups in total. The van der Waals surface area contributed by atoms with Crippen molar-refractivity contribution in [1.29, 1.82) is 0 Å². The summed E-state index contributed by atoms with van der Waals surface area (Å²) in [6, 6.07) is 15.6. The Morgan fingerprint density at radius 2 is 1.52 bits per heavy atom. The Labute approximate surface area is 125 Å². The molecule has 0 fully saturated rings. The second kappa shape index (κ2) is 4.36. The number of hydrogen-bond donors (Lipinski definition) is 0. The lowest BCUT2D eigenvalue weighted by molar-refractivity contribution is 0.545. The molecule has 1 aromatic heterocycles. The highest BCUT2D eigenvalue weighted by molar-refractivity contribution is 5.79. The molecule has 0 aliphatic heterocycles. The van der Waals surface area contributed by atoms with Crippen LogP contribution in [-0.2, 0) is 6.42 Å². The Balaban J connectivity index is 1.81. The number of benzene rings is 2. The largest absolute Gasteiger partial charge is 0.461 e. The zero-order valence-corrected chi connectivity index (χ0v) is 12.7. The molecule has 0 radical (unpaired) electrons. The van der Waals surface area contributed by atoms with Crippen molar-refractivity contribution in [2.24, 2.45) is 0 Å². The zero-order chi connectivity index (χ0) is 14.6. The van der Waals surface area contributed by atoms with Crippen molar-refractivity contribution in [3.8, 4) is 22.5 Å². The van der Waals surface area contributed by atoms with E-state index in [1.807, 2.05) is 6.92 Å². The molecule has 0 amide bonds. The highest BCUT2D eigenvalue weighted by Crippen LogP contribution is 2.39. The molecule has 1 aliphatic rings. The van der Waals surface area contributed by atoms with Gasteiger partial charge in [0.25, 0.3) is 0 Å².